The first-order chi connectivity index (χ1) is 5.98. The van der Waals surface area contributed by atoms with Crippen LogP contribution in [0.25, 0.3) is 0 Å². The summed E-state index contributed by atoms with van der Waals surface area (Å²) in [5.41, 5.74) is -0.157. The average Bonchev–Trinajstić information content (AvgIpc) is 2.02. The van der Waals surface area contributed by atoms with Crippen LogP contribution in [-0.2, 0) is 0 Å². The van der Waals surface area contributed by atoms with Gasteiger partial charge in [-0.2, -0.15) is 0 Å². The molecule has 0 amide bonds. The Labute approximate surface area is 93.7 Å². The molecule has 0 aliphatic rings. The molecular formula is C11H22ClNO. The SMILES string of the molecule is C=CCC(C=C)(CC(C)O)N(C)C.Cl. The molecule has 0 aliphatic carbocycles. The fraction of sp³-hybridized carbons (Fsp3) is 0.636. The number of hydrogen-bond donors (Lipinski definition) is 1. The monoisotopic (exact) mass is 219 g/mol. The van der Waals surface area contributed by atoms with Crippen LogP contribution in [0.3, 0.4) is 0 Å². The summed E-state index contributed by atoms with van der Waals surface area (Å²) in [7, 11) is 3.99. The maximum atomic E-state index is 9.39. The second-order valence-electron chi connectivity index (χ2n) is 3.75. The zero-order chi connectivity index (χ0) is 10.5. The summed E-state index contributed by atoms with van der Waals surface area (Å²) >= 11 is 0. The standard InChI is InChI=1S/C11H21NO.ClH/c1-6-8-11(7-2,12(4)5)9-10(3)13;/h6-7,10,13H,1-2,8-9H2,3-5H3;1H. The summed E-state index contributed by atoms with van der Waals surface area (Å²) in [5, 5.41) is 9.39. The van der Waals surface area contributed by atoms with E-state index in [4.69, 9.17) is 0 Å². The highest BCUT2D eigenvalue weighted by Gasteiger charge is 2.28. The Morgan fingerprint density at radius 1 is 1.43 bits per heavy atom. The van der Waals surface area contributed by atoms with E-state index in [2.05, 4.69) is 18.1 Å². The van der Waals surface area contributed by atoms with E-state index in [0.717, 1.165) is 6.42 Å². The third kappa shape index (κ3) is 4.27. The van der Waals surface area contributed by atoms with Crippen molar-refractivity contribution >= 4 is 12.4 Å². The number of aliphatic hydroxyl groups is 1. The fourth-order valence-electron chi connectivity index (χ4n) is 1.56. The van der Waals surface area contributed by atoms with Crippen molar-refractivity contribution in [3.63, 3.8) is 0 Å². The molecule has 0 bridgehead atoms. The van der Waals surface area contributed by atoms with Crippen LogP contribution in [0.5, 0.6) is 0 Å². The molecule has 0 heterocycles. The molecule has 0 aromatic carbocycles. The minimum atomic E-state index is -0.319. The lowest BCUT2D eigenvalue weighted by Crippen LogP contribution is -2.44. The highest BCUT2D eigenvalue weighted by Crippen LogP contribution is 2.25. The molecule has 14 heavy (non-hydrogen) atoms. The summed E-state index contributed by atoms with van der Waals surface area (Å²) in [4.78, 5) is 2.08. The predicted octanol–water partition coefficient (Wildman–Crippen LogP) is 2.24. The van der Waals surface area contributed by atoms with Gasteiger partial charge in [0.2, 0.25) is 0 Å². The van der Waals surface area contributed by atoms with Crippen LogP contribution in [0, 0.1) is 0 Å². The molecule has 84 valence electrons. The van der Waals surface area contributed by atoms with E-state index in [1.54, 1.807) is 6.92 Å². The fourth-order valence-corrected chi connectivity index (χ4v) is 1.56. The molecular weight excluding hydrogens is 198 g/mol. The lowest BCUT2D eigenvalue weighted by molar-refractivity contribution is 0.101. The van der Waals surface area contributed by atoms with Gasteiger partial charge in [-0.05, 0) is 33.9 Å². The van der Waals surface area contributed by atoms with Gasteiger partial charge in [0.25, 0.3) is 0 Å². The Morgan fingerprint density at radius 3 is 2.14 bits per heavy atom. The van der Waals surface area contributed by atoms with E-state index < -0.39 is 0 Å². The van der Waals surface area contributed by atoms with Gasteiger partial charge in [-0.25, -0.2) is 0 Å². The zero-order valence-electron chi connectivity index (χ0n) is 9.36. The Bertz CT molecular complexity index is 180. The van der Waals surface area contributed by atoms with E-state index in [9.17, 15) is 5.11 Å². The number of nitrogens with zero attached hydrogens (tertiary/aromatic N) is 1. The van der Waals surface area contributed by atoms with Crippen molar-refractivity contribution in [3.05, 3.63) is 25.3 Å². The number of rotatable bonds is 6. The molecule has 1 N–H and O–H groups in total. The van der Waals surface area contributed by atoms with Crippen molar-refractivity contribution in [2.24, 2.45) is 0 Å². The zero-order valence-corrected chi connectivity index (χ0v) is 10.2. The number of aliphatic hydroxyl groups excluding tert-OH is 1. The minimum Gasteiger partial charge on any atom is -0.393 e. The first-order valence-electron chi connectivity index (χ1n) is 4.58. The first kappa shape index (κ1) is 16.1. The molecule has 0 fully saturated rings. The quantitative estimate of drug-likeness (QED) is 0.693. The van der Waals surface area contributed by atoms with Gasteiger partial charge in [0.15, 0.2) is 0 Å². The lowest BCUT2D eigenvalue weighted by atomic mass is 9.88. The molecule has 0 saturated carbocycles. The maximum absolute atomic E-state index is 9.39. The molecule has 0 rings (SSSR count). The van der Waals surface area contributed by atoms with Crippen LogP contribution in [0.4, 0.5) is 0 Å². The summed E-state index contributed by atoms with van der Waals surface area (Å²) in [5.74, 6) is 0. The number of halogens is 1. The lowest BCUT2D eigenvalue weighted by Gasteiger charge is -2.37. The molecule has 0 aliphatic heterocycles. The Kier molecular flexibility index (Phi) is 8.12. The molecule has 2 atom stereocenters. The van der Waals surface area contributed by atoms with Gasteiger partial charge < -0.3 is 5.11 Å². The molecule has 0 spiro atoms. The van der Waals surface area contributed by atoms with Gasteiger partial charge in [-0.1, -0.05) is 12.2 Å². The Morgan fingerprint density at radius 2 is 1.93 bits per heavy atom. The Hall–Kier alpha value is -0.310. The van der Waals surface area contributed by atoms with Gasteiger partial charge in [0.05, 0.1) is 6.10 Å². The number of likely N-dealkylation sites (N-methyl/N-ethyl adjacent to an activating group) is 1. The van der Waals surface area contributed by atoms with Gasteiger partial charge in [-0.3, -0.25) is 4.90 Å². The molecule has 0 aromatic rings. The summed E-state index contributed by atoms with van der Waals surface area (Å²) in [6, 6.07) is 0. The van der Waals surface area contributed by atoms with Crippen LogP contribution in [-0.4, -0.2) is 35.7 Å². The second-order valence-corrected chi connectivity index (χ2v) is 3.75. The smallest absolute Gasteiger partial charge is 0.0533 e. The van der Waals surface area contributed by atoms with E-state index in [1.807, 2.05) is 26.2 Å². The second kappa shape index (κ2) is 7.04. The summed E-state index contributed by atoms with van der Waals surface area (Å²) in [6.45, 7) is 9.35. The molecule has 0 radical (unpaired) electrons. The summed E-state index contributed by atoms with van der Waals surface area (Å²) < 4.78 is 0. The van der Waals surface area contributed by atoms with E-state index in [1.165, 1.54) is 0 Å². The van der Waals surface area contributed by atoms with Gasteiger partial charge in [0.1, 0.15) is 0 Å². The van der Waals surface area contributed by atoms with Crippen molar-refractivity contribution in [1.82, 2.24) is 4.90 Å². The topological polar surface area (TPSA) is 23.5 Å². The van der Waals surface area contributed by atoms with Crippen molar-refractivity contribution in [2.75, 3.05) is 14.1 Å². The third-order valence-corrected chi connectivity index (χ3v) is 2.42. The maximum Gasteiger partial charge on any atom is 0.0533 e. The summed E-state index contributed by atoms with van der Waals surface area (Å²) in [6.07, 6.45) is 4.94. The number of hydrogen-bond acceptors (Lipinski definition) is 2. The largest absolute Gasteiger partial charge is 0.393 e. The van der Waals surface area contributed by atoms with Crippen LogP contribution in [0.15, 0.2) is 25.3 Å². The molecule has 2 nitrogen and oxygen atoms in total. The van der Waals surface area contributed by atoms with E-state index >= 15 is 0 Å². The highest BCUT2D eigenvalue weighted by molar-refractivity contribution is 5.85. The third-order valence-electron chi connectivity index (χ3n) is 2.42. The van der Waals surface area contributed by atoms with Gasteiger partial charge in [0, 0.05) is 5.54 Å². The highest BCUT2D eigenvalue weighted by atomic mass is 35.5. The first-order valence-corrected chi connectivity index (χ1v) is 4.58. The van der Waals surface area contributed by atoms with Crippen LogP contribution in [0.2, 0.25) is 0 Å². The van der Waals surface area contributed by atoms with Crippen molar-refractivity contribution in [3.8, 4) is 0 Å². The van der Waals surface area contributed by atoms with Crippen LogP contribution < -0.4 is 0 Å². The van der Waals surface area contributed by atoms with Gasteiger partial charge >= 0.3 is 0 Å². The average molecular weight is 220 g/mol. The van der Waals surface area contributed by atoms with Crippen molar-refractivity contribution in [2.45, 2.75) is 31.4 Å². The van der Waals surface area contributed by atoms with E-state index in [-0.39, 0.29) is 24.0 Å². The Balaban J connectivity index is 0. The predicted molar refractivity (Wildman–Crippen MR) is 65.0 cm³/mol. The van der Waals surface area contributed by atoms with Crippen LogP contribution in [0.1, 0.15) is 19.8 Å². The van der Waals surface area contributed by atoms with E-state index in [0.29, 0.717) is 6.42 Å². The molecule has 0 saturated heterocycles. The van der Waals surface area contributed by atoms with Gasteiger partial charge in [-0.15, -0.1) is 25.6 Å². The van der Waals surface area contributed by atoms with Crippen molar-refractivity contribution in [1.29, 1.82) is 0 Å². The van der Waals surface area contributed by atoms with Crippen LogP contribution >= 0.6 is 12.4 Å². The van der Waals surface area contributed by atoms with Crippen molar-refractivity contribution < 1.29 is 5.11 Å². The molecule has 3 heteroatoms. The molecule has 0 aromatic heterocycles. The molecule has 2 unspecified atom stereocenters. The normalized spacial score (nSPS) is 16.6. The minimum absolute atomic E-state index is 0.